The van der Waals surface area contributed by atoms with Crippen molar-refractivity contribution in [3.05, 3.63) is 29.8 Å². The van der Waals surface area contributed by atoms with Gasteiger partial charge in [0.05, 0.1) is 5.69 Å². The van der Waals surface area contributed by atoms with Crippen molar-refractivity contribution in [2.24, 2.45) is 11.8 Å². The number of nitrogens with one attached hydrogen (secondary N) is 1. The molecular formula is C15H20N2O2. The van der Waals surface area contributed by atoms with Crippen LogP contribution in [0.4, 0.5) is 5.69 Å². The number of amides is 2. The third-order valence-electron chi connectivity index (χ3n) is 4.05. The molecular weight excluding hydrogens is 240 g/mol. The maximum Gasteiger partial charge on any atom is 0.237 e. The lowest BCUT2D eigenvalue weighted by Crippen LogP contribution is -2.30. The van der Waals surface area contributed by atoms with E-state index in [0.29, 0.717) is 5.69 Å². The van der Waals surface area contributed by atoms with Crippen LogP contribution in [0.25, 0.3) is 0 Å². The Bertz CT molecular complexity index is 475. The van der Waals surface area contributed by atoms with E-state index in [4.69, 9.17) is 0 Å². The van der Waals surface area contributed by atoms with Crippen molar-refractivity contribution >= 4 is 17.5 Å². The largest absolute Gasteiger partial charge is 0.313 e. The van der Waals surface area contributed by atoms with Crippen LogP contribution < -0.4 is 10.2 Å². The molecule has 1 heterocycles. The van der Waals surface area contributed by atoms with Gasteiger partial charge in [0, 0.05) is 17.9 Å². The highest BCUT2D eigenvalue weighted by atomic mass is 16.2. The van der Waals surface area contributed by atoms with E-state index in [2.05, 4.69) is 12.2 Å². The number of hydrogen-bond acceptors (Lipinski definition) is 3. The highest BCUT2D eigenvalue weighted by Gasteiger charge is 2.42. The van der Waals surface area contributed by atoms with Gasteiger partial charge in [-0.1, -0.05) is 26.0 Å². The molecule has 0 spiro atoms. The SMILES string of the molecule is CNC(C)c1ccc(N2C(=O)C(C)C(C)C2=O)cc1. The summed E-state index contributed by atoms with van der Waals surface area (Å²) < 4.78 is 0. The first kappa shape index (κ1) is 13.7. The van der Waals surface area contributed by atoms with Crippen molar-refractivity contribution in [3.63, 3.8) is 0 Å². The zero-order valence-corrected chi connectivity index (χ0v) is 11.8. The van der Waals surface area contributed by atoms with E-state index in [-0.39, 0.29) is 29.7 Å². The Hall–Kier alpha value is -1.68. The van der Waals surface area contributed by atoms with E-state index in [0.717, 1.165) is 5.56 Å². The molecule has 3 unspecified atom stereocenters. The minimum atomic E-state index is -0.233. The van der Waals surface area contributed by atoms with Crippen LogP contribution in [0.3, 0.4) is 0 Å². The zero-order valence-electron chi connectivity index (χ0n) is 11.8. The fraction of sp³-hybridized carbons (Fsp3) is 0.467. The predicted octanol–water partition coefficient (Wildman–Crippen LogP) is 2.11. The highest BCUT2D eigenvalue weighted by Crippen LogP contribution is 2.30. The number of hydrogen-bond donors (Lipinski definition) is 1. The van der Waals surface area contributed by atoms with Crippen LogP contribution in [0.2, 0.25) is 0 Å². The number of imide groups is 1. The summed E-state index contributed by atoms with van der Waals surface area (Å²) in [4.78, 5) is 25.5. The number of carbonyl (C=O) groups excluding carboxylic acids is 2. The molecule has 0 aliphatic carbocycles. The monoisotopic (exact) mass is 260 g/mol. The molecule has 1 N–H and O–H groups in total. The standard InChI is InChI=1S/C15H20N2O2/c1-9-10(2)15(19)17(14(9)18)13-7-5-12(6-8-13)11(3)16-4/h5-11,16H,1-4H3. The first-order valence-corrected chi connectivity index (χ1v) is 6.62. The van der Waals surface area contributed by atoms with Crippen LogP contribution in [-0.2, 0) is 9.59 Å². The second-order valence-corrected chi connectivity index (χ2v) is 5.19. The molecule has 19 heavy (non-hydrogen) atoms. The van der Waals surface area contributed by atoms with Gasteiger partial charge in [-0.05, 0) is 31.7 Å². The van der Waals surface area contributed by atoms with Crippen LogP contribution in [0, 0.1) is 11.8 Å². The average molecular weight is 260 g/mol. The lowest BCUT2D eigenvalue weighted by Gasteiger charge is -2.16. The predicted molar refractivity (Wildman–Crippen MR) is 74.7 cm³/mol. The molecule has 2 rings (SSSR count). The summed E-state index contributed by atoms with van der Waals surface area (Å²) in [6, 6.07) is 7.82. The fourth-order valence-electron chi connectivity index (χ4n) is 2.28. The van der Waals surface area contributed by atoms with Gasteiger partial charge in [-0.25, -0.2) is 0 Å². The summed E-state index contributed by atoms with van der Waals surface area (Å²) in [6.45, 7) is 5.68. The van der Waals surface area contributed by atoms with Gasteiger partial charge in [0.25, 0.3) is 0 Å². The van der Waals surface area contributed by atoms with Crippen molar-refractivity contribution in [2.75, 3.05) is 11.9 Å². The molecule has 102 valence electrons. The van der Waals surface area contributed by atoms with Gasteiger partial charge in [-0.15, -0.1) is 0 Å². The number of benzene rings is 1. The van der Waals surface area contributed by atoms with Crippen LogP contribution in [0.5, 0.6) is 0 Å². The zero-order chi connectivity index (χ0) is 14.2. The molecule has 3 atom stereocenters. The molecule has 2 amide bonds. The number of nitrogens with zero attached hydrogens (tertiary/aromatic N) is 1. The van der Waals surface area contributed by atoms with Crippen LogP contribution >= 0.6 is 0 Å². The Labute approximate surface area is 113 Å². The third kappa shape index (κ3) is 2.28. The summed E-state index contributed by atoms with van der Waals surface area (Å²) in [7, 11) is 1.90. The summed E-state index contributed by atoms with van der Waals surface area (Å²) in [5.41, 5.74) is 1.80. The number of rotatable bonds is 3. The normalized spacial score (nSPS) is 24.9. The molecule has 4 heteroatoms. The van der Waals surface area contributed by atoms with Gasteiger partial charge >= 0.3 is 0 Å². The van der Waals surface area contributed by atoms with E-state index >= 15 is 0 Å². The van der Waals surface area contributed by atoms with E-state index in [9.17, 15) is 9.59 Å². The van der Waals surface area contributed by atoms with Crippen molar-refractivity contribution in [2.45, 2.75) is 26.8 Å². The van der Waals surface area contributed by atoms with E-state index in [1.165, 1.54) is 4.90 Å². The molecule has 1 saturated heterocycles. The van der Waals surface area contributed by atoms with E-state index in [1.807, 2.05) is 45.2 Å². The maximum atomic E-state index is 12.1. The molecule has 1 aliphatic rings. The minimum Gasteiger partial charge on any atom is -0.313 e. The third-order valence-corrected chi connectivity index (χ3v) is 4.05. The van der Waals surface area contributed by atoms with Crippen LogP contribution in [0.15, 0.2) is 24.3 Å². The molecule has 0 aromatic heterocycles. The van der Waals surface area contributed by atoms with E-state index < -0.39 is 0 Å². The summed E-state index contributed by atoms with van der Waals surface area (Å²) in [6.07, 6.45) is 0. The van der Waals surface area contributed by atoms with Crippen LogP contribution in [0.1, 0.15) is 32.4 Å². The van der Waals surface area contributed by atoms with Crippen molar-refractivity contribution in [1.82, 2.24) is 5.32 Å². The lowest BCUT2D eigenvalue weighted by atomic mass is 10.00. The van der Waals surface area contributed by atoms with Crippen LogP contribution in [-0.4, -0.2) is 18.9 Å². The smallest absolute Gasteiger partial charge is 0.237 e. The van der Waals surface area contributed by atoms with Crippen molar-refractivity contribution < 1.29 is 9.59 Å². The Kier molecular flexibility index (Phi) is 3.71. The Morgan fingerprint density at radius 3 is 1.95 bits per heavy atom. The quantitative estimate of drug-likeness (QED) is 0.847. The van der Waals surface area contributed by atoms with Gasteiger partial charge in [0.15, 0.2) is 0 Å². The fourth-order valence-corrected chi connectivity index (χ4v) is 2.28. The first-order valence-electron chi connectivity index (χ1n) is 6.62. The molecule has 1 aromatic rings. The topological polar surface area (TPSA) is 49.4 Å². The van der Waals surface area contributed by atoms with Gasteiger partial charge in [0.1, 0.15) is 0 Å². The second-order valence-electron chi connectivity index (χ2n) is 5.19. The average Bonchev–Trinajstić information content (AvgIpc) is 2.62. The summed E-state index contributed by atoms with van der Waals surface area (Å²) in [5, 5.41) is 3.15. The number of carbonyl (C=O) groups is 2. The molecule has 1 aliphatic heterocycles. The van der Waals surface area contributed by atoms with Crippen molar-refractivity contribution in [3.8, 4) is 0 Å². The Morgan fingerprint density at radius 2 is 1.53 bits per heavy atom. The van der Waals surface area contributed by atoms with Crippen molar-refractivity contribution in [1.29, 1.82) is 0 Å². The van der Waals surface area contributed by atoms with Gasteiger partial charge < -0.3 is 5.32 Å². The van der Waals surface area contributed by atoms with Gasteiger partial charge in [0.2, 0.25) is 11.8 Å². The molecule has 4 nitrogen and oxygen atoms in total. The maximum absolute atomic E-state index is 12.1. The highest BCUT2D eigenvalue weighted by molar-refractivity contribution is 6.21. The number of anilines is 1. The molecule has 0 saturated carbocycles. The van der Waals surface area contributed by atoms with Gasteiger partial charge in [-0.2, -0.15) is 0 Å². The minimum absolute atomic E-state index is 0.105. The molecule has 0 radical (unpaired) electrons. The summed E-state index contributed by atoms with van der Waals surface area (Å²) in [5.74, 6) is -0.675. The second kappa shape index (κ2) is 5.13. The Balaban J connectivity index is 2.28. The lowest BCUT2D eigenvalue weighted by molar-refractivity contribution is -0.122. The van der Waals surface area contributed by atoms with Gasteiger partial charge in [-0.3, -0.25) is 14.5 Å². The van der Waals surface area contributed by atoms with E-state index in [1.54, 1.807) is 0 Å². The molecule has 0 bridgehead atoms. The summed E-state index contributed by atoms with van der Waals surface area (Å²) >= 11 is 0. The Morgan fingerprint density at radius 1 is 1.05 bits per heavy atom. The molecule has 1 fully saturated rings. The first-order chi connectivity index (χ1) is 8.97. The molecule has 1 aromatic carbocycles.